The minimum Gasteiger partial charge on any atom is -0.361 e. The number of H-pyrrole nitrogens is 1. The SMILES string of the molecule is Cc1[nH]c(C(C)C)c(C)c1C(=O)C(C)C. The van der Waals surface area contributed by atoms with E-state index in [0.717, 1.165) is 16.8 Å². The lowest BCUT2D eigenvalue weighted by molar-refractivity contribution is 0.0938. The molecule has 0 aliphatic heterocycles. The van der Waals surface area contributed by atoms with Crippen LogP contribution in [0, 0.1) is 19.8 Å². The number of ketones is 1. The molecule has 1 aromatic rings. The maximum absolute atomic E-state index is 12.0. The summed E-state index contributed by atoms with van der Waals surface area (Å²) >= 11 is 0. The van der Waals surface area contributed by atoms with E-state index in [1.807, 2.05) is 27.7 Å². The van der Waals surface area contributed by atoms with Gasteiger partial charge >= 0.3 is 0 Å². The number of hydrogen-bond donors (Lipinski definition) is 1. The lowest BCUT2D eigenvalue weighted by atomic mass is 9.96. The molecule has 0 aliphatic carbocycles. The normalized spacial score (nSPS) is 11.5. The first kappa shape index (κ1) is 12.0. The summed E-state index contributed by atoms with van der Waals surface area (Å²) in [6, 6.07) is 0. The van der Waals surface area contributed by atoms with Crippen LogP contribution in [0.2, 0.25) is 0 Å². The van der Waals surface area contributed by atoms with Crippen molar-refractivity contribution in [3.05, 3.63) is 22.5 Å². The standard InChI is InChI=1S/C13H21NO/c1-7(2)12-9(5)11(10(6)14-12)13(15)8(3)4/h7-8,14H,1-6H3. The lowest BCUT2D eigenvalue weighted by Gasteiger charge is -2.06. The van der Waals surface area contributed by atoms with Gasteiger partial charge in [0.25, 0.3) is 0 Å². The number of aryl methyl sites for hydroxylation is 1. The first-order chi connectivity index (χ1) is 6.86. The van der Waals surface area contributed by atoms with Crippen molar-refractivity contribution in [2.24, 2.45) is 5.92 Å². The molecular formula is C13H21NO. The van der Waals surface area contributed by atoms with Gasteiger partial charge in [-0.05, 0) is 25.3 Å². The molecule has 0 amide bonds. The summed E-state index contributed by atoms with van der Waals surface area (Å²) in [6.07, 6.45) is 0. The summed E-state index contributed by atoms with van der Waals surface area (Å²) in [5.41, 5.74) is 4.22. The largest absolute Gasteiger partial charge is 0.361 e. The predicted octanol–water partition coefficient (Wildman–Crippen LogP) is 3.59. The molecule has 0 spiro atoms. The van der Waals surface area contributed by atoms with Crippen LogP contribution in [0.15, 0.2) is 0 Å². The summed E-state index contributed by atoms with van der Waals surface area (Å²) < 4.78 is 0. The molecule has 1 heterocycles. The molecule has 2 heteroatoms. The molecule has 15 heavy (non-hydrogen) atoms. The number of carbonyl (C=O) groups excluding carboxylic acids is 1. The molecule has 0 saturated heterocycles. The molecule has 2 nitrogen and oxygen atoms in total. The molecule has 0 fully saturated rings. The molecule has 0 saturated carbocycles. The lowest BCUT2D eigenvalue weighted by Crippen LogP contribution is -2.09. The molecule has 84 valence electrons. The zero-order valence-corrected chi connectivity index (χ0v) is 10.6. The highest BCUT2D eigenvalue weighted by Crippen LogP contribution is 2.26. The van der Waals surface area contributed by atoms with Crippen LogP contribution in [0.25, 0.3) is 0 Å². The van der Waals surface area contributed by atoms with Gasteiger partial charge in [-0.25, -0.2) is 0 Å². The zero-order chi connectivity index (χ0) is 11.7. The summed E-state index contributed by atoms with van der Waals surface area (Å²) in [6.45, 7) is 12.2. The van der Waals surface area contributed by atoms with Crippen molar-refractivity contribution >= 4 is 5.78 Å². The number of aromatic nitrogens is 1. The molecular weight excluding hydrogens is 186 g/mol. The van der Waals surface area contributed by atoms with Crippen LogP contribution in [-0.2, 0) is 0 Å². The Morgan fingerprint density at radius 3 is 2.00 bits per heavy atom. The Hall–Kier alpha value is -1.05. The van der Waals surface area contributed by atoms with Crippen molar-refractivity contribution in [1.29, 1.82) is 0 Å². The highest BCUT2D eigenvalue weighted by Gasteiger charge is 2.21. The average Bonchev–Trinajstić information content (AvgIpc) is 2.41. The highest BCUT2D eigenvalue weighted by molar-refractivity contribution is 6.00. The third-order valence-electron chi connectivity index (χ3n) is 2.82. The number of aromatic amines is 1. The van der Waals surface area contributed by atoms with Crippen molar-refractivity contribution in [1.82, 2.24) is 4.98 Å². The van der Waals surface area contributed by atoms with Crippen LogP contribution in [0.4, 0.5) is 0 Å². The minimum absolute atomic E-state index is 0.0678. The van der Waals surface area contributed by atoms with Gasteiger partial charge in [-0.2, -0.15) is 0 Å². The number of carbonyl (C=O) groups is 1. The van der Waals surface area contributed by atoms with Crippen molar-refractivity contribution < 1.29 is 4.79 Å². The number of hydrogen-bond acceptors (Lipinski definition) is 1. The average molecular weight is 207 g/mol. The zero-order valence-electron chi connectivity index (χ0n) is 10.6. The molecule has 0 atom stereocenters. The van der Waals surface area contributed by atoms with Gasteiger partial charge in [0.2, 0.25) is 0 Å². The fourth-order valence-electron chi connectivity index (χ4n) is 2.01. The fraction of sp³-hybridized carbons (Fsp3) is 0.615. The summed E-state index contributed by atoms with van der Waals surface area (Å²) in [5.74, 6) is 0.753. The Labute approximate surface area is 92.1 Å². The van der Waals surface area contributed by atoms with Crippen molar-refractivity contribution in [2.75, 3.05) is 0 Å². The Balaban J connectivity index is 3.25. The molecule has 0 aliphatic rings. The van der Waals surface area contributed by atoms with Crippen LogP contribution < -0.4 is 0 Å². The summed E-state index contributed by atoms with van der Waals surface area (Å²) in [7, 11) is 0. The van der Waals surface area contributed by atoms with Crippen molar-refractivity contribution in [2.45, 2.75) is 47.5 Å². The van der Waals surface area contributed by atoms with Gasteiger partial charge in [0, 0.05) is 22.9 Å². The Bertz CT molecular complexity index is 372. The Kier molecular flexibility index (Phi) is 3.38. The quantitative estimate of drug-likeness (QED) is 0.755. The summed E-state index contributed by atoms with van der Waals surface area (Å²) in [5, 5.41) is 0. The van der Waals surface area contributed by atoms with Gasteiger partial charge in [-0.1, -0.05) is 27.7 Å². The molecule has 0 unspecified atom stereocenters. The predicted molar refractivity (Wildman–Crippen MR) is 63.5 cm³/mol. The van der Waals surface area contributed by atoms with E-state index in [2.05, 4.69) is 18.8 Å². The number of nitrogens with one attached hydrogen (secondary N) is 1. The second-order valence-electron chi connectivity index (χ2n) is 4.84. The minimum atomic E-state index is 0.0678. The van der Waals surface area contributed by atoms with E-state index in [1.165, 1.54) is 5.69 Å². The fourth-order valence-corrected chi connectivity index (χ4v) is 2.01. The third-order valence-corrected chi connectivity index (χ3v) is 2.82. The van der Waals surface area contributed by atoms with E-state index in [0.29, 0.717) is 5.92 Å². The summed E-state index contributed by atoms with van der Waals surface area (Å²) in [4.78, 5) is 15.3. The van der Waals surface area contributed by atoms with Crippen LogP contribution in [0.1, 0.15) is 60.9 Å². The smallest absolute Gasteiger partial charge is 0.167 e. The van der Waals surface area contributed by atoms with Crippen molar-refractivity contribution in [3.63, 3.8) is 0 Å². The first-order valence-corrected chi connectivity index (χ1v) is 5.59. The number of rotatable bonds is 3. The van der Waals surface area contributed by atoms with E-state index < -0.39 is 0 Å². The van der Waals surface area contributed by atoms with Gasteiger partial charge in [-0.3, -0.25) is 4.79 Å². The highest BCUT2D eigenvalue weighted by atomic mass is 16.1. The maximum atomic E-state index is 12.0. The second kappa shape index (κ2) is 4.21. The first-order valence-electron chi connectivity index (χ1n) is 5.59. The topological polar surface area (TPSA) is 32.9 Å². The molecule has 1 aromatic heterocycles. The van der Waals surface area contributed by atoms with Crippen LogP contribution in [0.5, 0.6) is 0 Å². The Morgan fingerprint density at radius 2 is 1.67 bits per heavy atom. The van der Waals surface area contributed by atoms with E-state index >= 15 is 0 Å². The monoisotopic (exact) mass is 207 g/mol. The second-order valence-corrected chi connectivity index (χ2v) is 4.84. The van der Waals surface area contributed by atoms with Gasteiger partial charge in [0.15, 0.2) is 5.78 Å². The van der Waals surface area contributed by atoms with E-state index in [4.69, 9.17) is 0 Å². The van der Waals surface area contributed by atoms with E-state index in [-0.39, 0.29) is 11.7 Å². The van der Waals surface area contributed by atoms with Crippen molar-refractivity contribution in [3.8, 4) is 0 Å². The third kappa shape index (κ3) is 2.14. The Morgan fingerprint density at radius 1 is 1.13 bits per heavy atom. The molecule has 1 N–H and O–H groups in total. The van der Waals surface area contributed by atoms with E-state index in [1.54, 1.807) is 0 Å². The molecule has 0 radical (unpaired) electrons. The van der Waals surface area contributed by atoms with E-state index in [9.17, 15) is 4.79 Å². The molecule has 1 rings (SSSR count). The van der Waals surface area contributed by atoms with Gasteiger partial charge in [0.1, 0.15) is 0 Å². The molecule has 0 bridgehead atoms. The molecule has 0 aromatic carbocycles. The number of Topliss-reactive ketones (excluding diaryl/α,β-unsaturated/α-hetero) is 1. The maximum Gasteiger partial charge on any atom is 0.167 e. The van der Waals surface area contributed by atoms with Crippen LogP contribution in [-0.4, -0.2) is 10.8 Å². The van der Waals surface area contributed by atoms with Crippen LogP contribution >= 0.6 is 0 Å². The van der Waals surface area contributed by atoms with Gasteiger partial charge in [0.05, 0.1) is 0 Å². The van der Waals surface area contributed by atoms with Gasteiger partial charge in [-0.15, -0.1) is 0 Å². The van der Waals surface area contributed by atoms with Crippen LogP contribution in [0.3, 0.4) is 0 Å². The van der Waals surface area contributed by atoms with Gasteiger partial charge < -0.3 is 4.98 Å².